The number of hydrogen-bond acceptors (Lipinski definition) is 2. The lowest BCUT2D eigenvalue weighted by Crippen LogP contribution is -2.44. The zero-order valence-electron chi connectivity index (χ0n) is 9.39. The van der Waals surface area contributed by atoms with Crippen LogP contribution in [0.1, 0.15) is 19.8 Å². The van der Waals surface area contributed by atoms with Crippen molar-refractivity contribution >= 4 is 14.0 Å². The molecule has 0 amide bonds. The first-order chi connectivity index (χ1) is 6.44. The fourth-order valence-corrected chi connectivity index (χ4v) is 1.92. The van der Waals surface area contributed by atoms with E-state index in [-0.39, 0.29) is 18.0 Å². The molecule has 0 spiro atoms. The summed E-state index contributed by atoms with van der Waals surface area (Å²) < 4.78 is 5.01. The first-order valence-electron chi connectivity index (χ1n) is 5.17. The quantitative estimate of drug-likeness (QED) is 0.397. The highest BCUT2D eigenvalue weighted by Gasteiger charge is 2.40. The Morgan fingerprint density at radius 1 is 1.43 bits per heavy atom. The largest absolute Gasteiger partial charge is 0.448 e. The molecule has 1 rings (SSSR count). The van der Waals surface area contributed by atoms with E-state index in [1.54, 1.807) is 0 Å². The second-order valence-corrected chi connectivity index (χ2v) is 9.52. The summed E-state index contributed by atoms with van der Waals surface area (Å²) in [6.45, 7) is 8.65. The minimum absolute atomic E-state index is 0.0452. The van der Waals surface area contributed by atoms with Crippen LogP contribution in [0.2, 0.25) is 19.6 Å². The highest BCUT2D eigenvalue weighted by molar-refractivity contribution is 6.83. The first kappa shape index (κ1) is 11.3. The molecule has 1 fully saturated rings. The van der Waals surface area contributed by atoms with Gasteiger partial charge in [-0.25, -0.2) is 0 Å². The Kier molecular flexibility index (Phi) is 3.38. The standard InChI is InChI=1S/C11H18O2Si/c1-5-6-9-10(13-11(9)12)7-8-14(2,3)4/h9-10H,5-6H2,1-4H3/t9-,10+/m1/s1. The van der Waals surface area contributed by atoms with Gasteiger partial charge in [-0.3, -0.25) is 4.79 Å². The Labute approximate surface area is 87.0 Å². The number of hydrogen-bond donors (Lipinski definition) is 0. The maximum Gasteiger partial charge on any atom is 0.315 e. The van der Waals surface area contributed by atoms with Crippen LogP contribution in [0.3, 0.4) is 0 Å². The number of rotatable bonds is 2. The predicted molar refractivity (Wildman–Crippen MR) is 59.4 cm³/mol. The van der Waals surface area contributed by atoms with Gasteiger partial charge in [-0.05, 0) is 6.42 Å². The highest BCUT2D eigenvalue weighted by Crippen LogP contribution is 2.26. The Morgan fingerprint density at radius 2 is 2.07 bits per heavy atom. The molecule has 1 aliphatic heterocycles. The van der Waals surface area contributed by atoms with E-state index in [4.69, 9.17) is 4.74 Å². The van der Waals surface area contributed by atoms with Gasteiger partial charge in [0.25, 0.3) is 0 Å². The molecule has 0 radical (unpaired) electrons. The number of carbonyl (C=O) groups is 1. The Morgan fingerprint density at radius 3 is 2.50 bits per heavy atom. The van der Waals surface area contributed by atoms with Crippen molar-refractivity contribution in [1.29, 1.82) is 0 Å². The third kappa shape index (κ3) is 2.88. The van der Waals surface area contributed by atoms with Crippen LogP contribution in [-0.2, 0) is 9.53 Å². The number of cyclic esters (lactones) is 1. The molecule has 1 heterocycles. The van der Waals surface area contributed by atoms with Crippen LogP contribution >= 0.6 is 0 Å². The molecule has 2 nitrogen and oxygen atoms in total. The lowest BCUT2D eigenvalue weighted by atomic mass is 9.93. The van der Waals surface area contributed by atoms with Crippen LogP contribution in [0.15, 0.2) is 0 Å². The van der Waals surface area contributed by atoms with Crippen LogP contribution in [-0.4, -0.2) is 20.1 Å². The van der Waals surface area contributed by atoms with Gasteiger partial charge in [-0.15, -0.1) is 5.54 Å². The zero-order chi connectivity index (χ0) is 10.8. The van der Waals surface area contributed by atoms with Crippen molar-refractivity contribution in [3.63, 3.8) is 0 Å². The Balaban J connectivity index is 2.54. The SMILES string of the molecule is CCC[C@H]1C(=O)O[C@H]1C#C[Si](C)(C)C. The monoisotopic (exact) mass is 210 g/mol. The van der Waals surface area contributed by atoms with Crippen molar-refractivity contribution < 1.29 is 9.53 Å². The molecule has 0 aromatic heterocycles. The smallest absolute Gasteiger partial charge is 0.315 e. The maximum atomic E-state index is 11.1. The first-order valence-corrected chi connectivity index (χ1v) is 8.67. The summed E-state index contributed by atoms with van der Waals surface area (Å²) in [7, 11) is -1.33. The van der Waals surface area contributed by atoms with Crippen molar-refractivity contribution in [3.8, 4) is 11.5 Å². The Bertz CT molecular complexity index is 280. The van der Waals surface area contributed by atoms with Crippen molar-refractivity contribution in [2.75, 3.05) is 0 Å². The summed E-state index contributed by atoms with van der Waals surface area (Å²) in [5.74, 6) is 3.07. The van der Waals surface area contributed by atoms with E-state index in [0.717, 1.165) is 12.8 Å². The molecule has 0 aromatic carbocycles. The molecule has 78 valence electrons. The van der Waals surface area contributed by atoms with E-state index in [9.17, 15) is 4.79 Å². The van der Waals surface area contributed by atoms with Crippen LogP contribution in [0.25, 0.3) is 0 Å². The van der Waals surface area contributed by atoms with E-state index in [1.807, 2.05) is 0 Å². The molecule has 0 N–H and O–H groups in total. The number of esters is 1. The summed E-state index contributed by atoms with van der Waals surface area (Å²) in [5, 5.41) is 0. The van der Waals surface area contributed by atoms with Gasteiger partial charge in [0.15, 0.2) is 6.10 Å². The molecule has 0 unspecified atom stereocenters. The van der Waals surface area contributed by atoms with Crippen molar-refractivity contribution in [2.45, 2.75) is 45.5 Å². The topological polar surface area (TPSA) is 26.3 Å². The normalized spacial score (nSPS) is 25.9. The molecule has 0 saturated carbocycles. The molecule has 3 heteroatoms. The third-order valence-corrected chi connectivity index (χ3v) is 2.99. The van der Waals surface area contributed by atoms with Crippen LogP contribution in [0.4, 0.5) is 0 Å². The van der Waals surface area contributed by atoms with Gasteiger partial charge in [-0.2, -0.15) is 0 Å². The van der Waals surface area contributed by atoms with Crippen molar-refractivity contribution in [1.82, 2.24) is 0 Å². The van der Waals surface area contributed by atoms with Gasteiger partial charge in [0.1, 0.15) is 14.0 Å². The molecule has 1 saturated heterocycles. The predicted octanol–water partition coefficient (Wildman–Crippen LogP) is 2.21. The van der Waals surface area contributed by atoms with Crippen LogP contribution in [0, 0.1) is 17.4 Å². The molecule has 14 heavy (non-hydrogen) atoms. The lowest BCUT2D eigenvalue weighted by Gasteiger charge is -2.31. The molecule has 1 aliphatic rings. The molecular formula is C11H18O2Si. The summed E-state index contributed by atoms with van der Waals surface area (Å²) >= 11 is 0. The molecular weight excluding hydrogens is 192 g/mol. The zero-order valence-corrected chi connectivity index (χ0v) is 10.4. The van der Waals surface area contributed by atoms with Crippen LogP contribution in [0.5, 0.6) is 0 Å². The number of ether oxygens (including phenoxy) is 1. The molecule has 2 atom stereocenters. The van der Waals surface area contributed by atoms with E-state index < -0.39 is 8.07 Å². The van der Waals surface area contributed by atoms with Crippen LogP contribution < -0.4 is 0 Å². The second kappa shape index (κ2) is 4.18. The highest BCUT2D eigenvalue weighted by atomic mass is 28.3. The van der Waals surface area contributed by atoms with E-state index in [1.165, 1.54) is 0 Å². The minimum Gasteiger partial charge on any atom is -0.448 e. The van der Waals surface area contributed by atoms with Gasteiger partial charge in [0, 0.05) is 0 Å². The molecule has 0 aromatic rings. The van der Waals surface area contributed by atoms with Crippen molar-refractivity contribution in [3.05, 3.63) is 0 Å². The van der Waals surface area contributed by atoms with Gasteiger partial charge >= 0.3 is 5.97 Å². The molecule has 0 bridgehead atoms. The fourth-order valence-electron chi connectivity index (χ4n) is 1.34. The molecule has 0 aliphatic carbocycles. The summed E-state index contributed by atoms with van der Waals surface area (Å²) in [6, 6.07) is 0. The van der Waals surface area contributed by atoms with E-state index in [2.05, 4.69) is 38.0 Å². The third-order valence-electron chi connectivity index (χ3n) is 2.10. The minimum atomic E-state index is -1.33. The lowest BCUT2D eigenvalue weighted by molar-refractivity contribution is -0.177. The van der Waals surface area contributed by atoms with Crippen molar-refractivity contribution in [2.24, 2.45) is 5.92 Å². The van der Waals surface area contributed by atoms with E-state index in [0.29, 0.717) is 0 Å². The second-order valence-electron chi connectivity index (χ2n) is 4.77. The Hall–Kier alpha value is -0.753. The van der Waals surface area contributed by atoms with Gasteiger partial charge < -0.3 is 4.74 Å². The van der Waals surface area contributed by atoms with E-state index >= 15 is 0 Å². The fraction of sp³-hybridized carbons (Fsp3) is 0.727. The summed E-state index contributed by atoms with van der Waals surface area (Å²) in [5.41, 5.74) is 3.24. The average molecular weight is 210 g/mol. The summed E-state index contributed by atoms with van der Waals surface area (Å²) in [4.78, 5) is 11.1. The average Bonchev–Trinajstić information content (AvgIpc) is 2.06. The summed E-state index contributed by atoms with van der Waals surface area (Å²) in [6.07, 6.45) is 1.81. The van der Waals surface area contributed by atoms with Gasteiger partial charge in [-0.1, -0.05) is 38.9 Å². The van der Waals surface area contributed by atoms with Gasteiger partial charge in [0.2, 0.25) is 0 Å². The van der Waals surface area contributed by atoms with Gasteiger partial charge in [0.05, 0.1) is 0 Å². The number of carbonyl (C=O) groups excluding carboxylic acids is 1. The maximum absolute atomic E-state index is 11.1.